The summed E-state index contributed by atoms with van der Waals surface area (Å²) in [4.78, 5) is 0. The Morgan fingerprint density at radius 1 is 0.444 bits per heavy atom. The maximum absolute atomic E-state index is 15.8. The fraction of sp³-hybridized carbons (Fsp3) is 0. The van der Waals surface area contributed by atoms with Crippen molar-refractivity contribution in [2.75, 3.05) is 0 Å². The van der Waals surface area contributed by atoms with Crippen molar-refractivity contribution in [3.8, 4) is 0 Å². The molecule has 0 bridgehead atoms. The molecule has 170 valence electrons. The lowest BCUT2D eigenvalue weighted by atomic mass is 9.94. The first-order valence-corrected chi connectivity index (χ1v) is 13.9. The van der Waals surface area contributed by atoms with Crippen LogP contribution in [0.15, 0.2) is 140 Å². The Balaban J connectivity index is 1.65. The molecule has 1 heterocycles. The monoisotopic (exact) mass is 478 g/mol. The Morgan fingerprint density at radius 3 is 1.64 bits per heavy atom. The van der Waals surface area contributed by atoms with E-state index in [0.717, 1.165) is 59.7 Å². The van der Waals surface area contributed by atoms with Crippen LogP contribution in [0.1, 0.15) is 16.7 Å². The van der Waals surface area contributed by atoms with Crippen molar-refractivity contribution in [2.24, 2.45) is 0 Å². The Morgan fingerprint density at radius 2 is 0.972 bits per heavy atom. The highest BCUT2D eigenvalue weighted by molar-refractivity contribution is 7.88. The van der Waals surface area contributed by atoms with E-state index in [1.165, 1.54) is 0 Å². The zero-order chi connectivity index (χ0) is 24.1. The molecule has 6 aromatic rings. The highest BCUT2D eigenvalue weighted by atomic mass is 31.2. The Labute approximate surface area is 210 Å². The van der Waals surface area contributed by atoms with E-state index in [1.807, 2.05) is 42.5 Å². The lowest BCUT2D eigenvalue weighted by molar-refractivity contribution is 0.593. The molecule has 36 heavy (non-hydrogen) atoms. The van der Waals surface area contributed by atoms with Gasteiger partial charge in [0.05, 0.1) is 0 Å². The van der Waals surface area contributed by atoms with Gasteiger partial charge in [0.2, 0.25) is 0 Å². The molecule has 1 atom stereocenters. The Bertz CT molecular complexity index is 1850. The molecule has 0 saturated heterocycles. The third kappa shape index (κ3) is 3.14. The molecule has 0 aromatic heterocycles. The second-order valence-corrected chi connectivity index (χ2v) is 12.0. The predicted molar refractivity (Wildman–Crippen MR) is 154 cm³/mol. The van der Waals surface area contributed by atoms with E-state index >= 15 is 4.57 Å². The first-order valence-electron chi connectivity index (χ1n) is 12.2. The van der Waals surface area contributed by atoms with Crippen molar-refractivity contribution in [1.29, 1.82) is 0 Å². The molecule has 1 aliphatic rings. The van der Waals surface area contributed by atoms with Crippen LogP contribution in [0.25, 0.3) is 32.4 Å². The van der Waals surface area contributed by atoms with Gasteiger partial charge in [0.15, 0.2) is 7.14 Å². The molecular weight excluding hydrogens is 455 g/mol. The number of rotatable bonds is 3. The highest BCUT2D eigenvalue weighted by Crippen LogP contribution is 2.65. The van der Waals surface area contributed by atoms with E-state index in [9.17, 15) is 0 Å². The SMILES string of the molecule is O=[P@]1(c2ccc3ccccc3c2)C(c2ccccc2)=C(c2ccccc2)c2cc3ccccc3cc21. The average Bonchev–Trinajstić information content (AvgIpc) is 3.21. The van der Waals surface area contributed by atoms with Gasteiger partial charge in [-0.2, -0.15) is 0 Å². The second-order valence-electron chi connectivity index (χ2n) is 9.31. The van der Waals surface area contributed by atoms with Crippen LogP contribution < -0.4 is 10.6 Å². The lowest BCUT2D eigenvalue weighted by Gasteiger charge is -2.20. The molecule has 2 heteroatoms. The van der Waals surface area contributed by atoms with E-state index in [-0.39, 0.29) is 0 Å². The van der Waals surface area contributed by atoms with Crippen molar-refractivity contribution < 1.29 is 4.57 Å². The van der Waals surface area contributed by atoms with Gasteiger partial charge in [-0.1, -0.05) is 121 Å². The van der Waals surface area contributed by atoms with Gasteiger partial charge < -0.3 is 4.57 Å². The van der Waals surface area contributed by atoms with Crippen molar-refractivity contribution in [1.82, 2.24) is 0 Å². The van der Waals surface area contributed by atoms with E-state index in [1.54, 1.807) is 0 Å². The molecule has 0 aliphatic carbocycles. The number of benzene rings is 6. The summed E-state index contributed by atoms with van der Waals surface area (Å²) in [5.74, 6) is 0. The predicted octanol–water partition coefficient (Wildman–Crippen LogP) is 8.24. The molecule has 0 N–H and O–H groups in total. The summed E-state index contributed by atoms with van der Waals surface area (Å²) in [5, 5.41) is 7.25. The smallest absolute Gasteiger partial charge is 0.172 e. The lowest BCUT2D eigenvalue weighted by Crippen LogP contribution is -2.16. The molecule has 0 spiro atoms. The van der Waals surface area contributed by atoms with Crippen molar-refractivity contribution in [3.05, 3.63) is 156 Å². The van der Waals surface area contributed by atoms with Gasteiger partial charge in [0.25, 0.3) is 0 Å². The van der Waals surface area contributed by atoms with Gasteiger partial charge in [-0.25, -0.2) is 0 Å². The molecule has 0 amide bonds. The molecule has 1 aliphatic heterocycles. The zero-order valence-corrected chi connectivity index (χ0v) is 20.5. The standard InChI is InChI=1S/C34H23OP/c35-36(30-20-19-24-11-7-8-16-27(24)21-30)32-23-29-18-10-9-17-28(29)22-31(32)33(25-12-3-1-4-13-25)34(36)26-14-5-2-6-15-26/h1-23H/t36-/m0/s1. The molecule has 7 rings (SSSR count). The van der Waals surface area contributed by atoms with Crippen LogP contribution in [0, 0.1) is 0 Å². The summed E-state index contributed by atoms with van der Waals surface area (Å²) in [5.41, 5.74) is 4.23. The van der Waals surface area contributed by atoms with Crippen LogP contribution in [-0.4, -0.2) is 0 Å². The summed E-state index contributed by atoms with van der Waals surface area (Å²) in [6, 6.07) is 48.1. The molecular formula is C34H23OP. The third-order valence-corrected chi connectivity index (χ3v) is 10.4. The van der Waals surface area contributed by atoms with Gasteiger partial charge in [-0.15, -0.1) is 0 Å². The van der Waals surface area contributed by atoms with Gasteiger partial charge in [-0.05, 0) is 56.4 Å². The first kappa shape index (κ1) is 21.1. The van der Waals surface area contributed by atoms with Crippen LogP contribution in [0.4, 0.5) is 0 Å². The van der Waals surface area contributed by atoms with E-state index in [4.69, 9.17) is 0 Å². The molecule has 1 nitrogen and oxygen atoms in total. The van der Waals surface area contributed by atoms with Crippen LogP contribution in [0.2, 0.25) is 0 Å². The van der Waals surface area contributed by atoms with Crippen molar-refractivity contribution in [2.45, 2.75) is 0 Å². The summed E-state index contributed by atoms with van der Waals surface area (Å²) in [6.45, 7) is 0. The summed E-state index contributed by atoms with van der Waals surface area (Å²) in [6.07, 6.45) is 0. The molecule has 0 fully saturated rings. The van der Waals surface area contributed by atoms with Crippen molar-refractivity contribution in [3.63, 3.8) is 0 Å². The Hall–Kier alpha value is -4.19. The quantitative estimate of drug-likeness (QED) is 0.234. The average molecular weight is 479 g/mol. The summed E-state index contributed by atoms with van der Waals surface area (Å²) >= 11 is 0. The number of hydrogen-bond acceptors (Lipinski definition) is 1. The van der Waals surface area contributed by atoms with E-state index in [0.29, 0.717) is 0 Å². The van der Waals surface area contributed by atoms with Crippen molar-refractivity contribution >= 4 is 50.2 Å². The minimum absolute atomic E-state index is 0.877. The Kier molecular flexibility index (Phi) is 4.81. The molecule has 0 unspecified atom stereocenters. The zero-order valence-electron chi connectivity index (χ0n) is 19.6. The maximum Gasteiger partial charge on any atom is 0.172 e. The molecule has 0 saturated carbocycles. The van der Waals surface area contributed by atoms with Crippen LogP contribution in [0.5, 0.6) is 0 Å². The van der Waals surface area contributed by atoms with Crippen LogP contribution >= 0.6 is 7.14 Å². The van der Waals surface area contributed by atoms with Crippen LogP contribution in [0.3, 0.4) is 0 Å². The van der Waals surface area contributed by atoms with Gasteiger partial charge in [0.1, 0.15) is 0 Å². The summed E-state index contributed by atoms with van der Waals surface area (Å²) in [7, 11) is -3.20. The molecule has 0 radical (unpaired) electrons. The van der Waals surface area contributed by atoms with E-state index in [2.05, 4.69) is 97.1 Å². The highest BCUT2D eigenvalue weighted by Gasteiger charge is 2.43. The van der Waals surface area contributed by atoms with Crippen LogP contribution in [-0.2, 0) is 4.57 Å². The first-order chi connectivity index (χ1) is 17.7. The van der Waals surface area contributed by atoms with Gasteiger partial charge in [-0.3, -0.25) is 0 Å². The minimum atomic E-state index is -3.20. The fourth-order valence-electron chi connectivity index (χ4n) is 5.55. The topological polar surface area (TPSA) is 17.1 Å². The fourth-order valence-corrected chi connectivity index (χ4v) is 8.85. The summed E-state index contributed by atoms with van der Waals surface area (Å²) < 4.78 is 15.8. The minimum Gasteiger partial charge on any atom is -0.309 e. The van der Waals surface area contributed by atoms with Gasteiger partial charge in [0, 0.05) is 21.5 Å². The van der Waals surface area contributed by atoms with E-state index < -0.39 is 7.14 Å². The number of hydrogen-bond donors (Lipinski definition) is 0. The largest absolute Gasteiger partial charge is 0.309 e. The second kappa shape index (κ2) is 8.19. The third-order valence-electron chi connectivity index (χ3n) is 7.23. The molecule has 6 aromatic carbocycles. The van der Waals surface area contributed by atoms with Gasteiger partial charge >= 0.3 is 0 Å². The maximum atomic E-state index is 15.8. The normalized spacial score (nSPS) is 17.0. The number of fused-ring (bicyclic) bond motifs is 3.